The van der Waals surface area contributed by atoms with Gasteiger partial charge in [0.15, 0.2) is 18.1 Å². The van der Waals surface area contributed by atoms with Crippen LogP contribution >= 0.6 is 24.0 Å². The van der Waals surface area contributed by atoms with E-state index in [1.54, 1.807) is 36.1 Å². The molecule has 1 aliphatic heterocycles. The second-order valence-electron chi connectivity index (χ2n) is 4.93. The van der Waals surface area contributed by atoms with E-state index in [0.717, 1.165) is 5.56 Å². The van der Waals surface area contributed by atoms with E-state index in [4.69, 9.17) is 26.4 Å². The normalized spacial score (nSPS) is 15.6. The predicted molar refractivity (Wildman–Crippen MR) is 101 cm³/mol. The first-order chi connectivity index (χ1) is 12.0. The average molecular weight is 381 g/mol. The summed E-state index contributed by atoms with van der Waals surface area (Å²) in [7, 11) is 1.51. The number of rotatable bonds is 7. The Balaban J connectivity index is 2.16. The number of esters is 1. The highest BCUT2D eigenvalue weighted by molar-refractivity contribution is 8.26. The van der Waals surface area contributed by atoms with Gasteiger partial charge < -0.3 is 14.2 Å². The van der Waals surface area contributed by atoms with E-state index in [0.29, 0.717) is 33.9 Å². The number of thiocarbonyl (C=S) groups is 1. The monoisotopic (exact) mass is 381 g/mol. The van der Waals surface area contributed by atoms with Crippen LogP contribution in [0.4, 0.5) is 0 Å². The van der Waals surface area contributed by atoms with Crippen LogP contribution in [0.15, 0.2) is 23.1 Å². The molecule has 0 atom stereocenters. The van der Waals surface area contributed by atoms with Crippen molar-refractivity contribution in [2.75, 3.05) is 26.9 Å². The van der Waals surface area contributed by atoms with Gasteiger partial charge in [0.1, 0.15) is 4.32 Å². The molecule has 1 heterocycles. The van der Waals surface area contributed by atoms with Crippen molar-refractivity contribution >= 4 is 46.3 Å². The number of thioether (sulfide) groups is 1. The summed E-state index contributed by atoms with van der Waals surface area (Å²) in [4.78, 5) is 25.8. The Labute approximate surface area is 156 Å². The maximum atomic E-state index is 12.3. The Morgan fingerprint density at radius 1 is 1.32 bits per heavy atom. The van der Waals surface area contributed by atoms with Gasteiger partial charge in [-0.25, -0.2) is 4.79 Å². The zero-order chi connectivity index (χ0) is 18.4. The number of methoxy groups -OCH3 is 1. The zero-order valence-corrected chi connectivity index (χ0v) is 15.9. The Morgan fingerprint density at radius 3 is 2.68 bits per heavy atom. The molecule has 0 radical (unpaired) electrons. The molecule has 2 rings (SSSR count). The van der Waals surface area contributed by atoms with Gasteiger partial charge in [0.25, 0.3) is 5.91 Å². The standard InChI is InChI=1S/C17H19NO5S2/c1-4-18-16(20)14(25-17(18)24)9-11-6-7-12(13(8-11)21-3)23-10-15(19)22-5-2/h6-9H,4-5,10H2,1-3H3/b14-9+. The molecule has 1 saturated heterocycles. The lowest BCUT2D eigenvalue weighted by Crippen LogP contribution is -2.27. The fraction of sp³-hybridized carbons (Fsp3) is 0.353. The van der Waals surface area contributed by atoms with Crippen LogP contribution in [-0.2, 0) is 14.3 Å². The van der Waals surface area contributed by atoms with Gasteiger partial charge in [-0.3, -0.25) is 9.69 Å². The van der Waals surface area contributed by atoms with Gasteiger partial charge in [-0.2, -0.15) is 0 Å². The molecule has 1 aliphatic rings. The van der Waals surface area contributed by atoms with Crippen LogP contribution in [0, 0.1) is 0 Å². The molecule has 0 saturated carbocycles. The fourth-order valence-electron chi connectivity index (χ4n) is 2.16. The molecule has 1 aromatic carbocycles. The van der Waals surface area contributed by atoms with Gasteiger partial charge in [0.05, 0.1) is 18.6 Å². The molecule has 1 fully saturated rings. The molecule has 134 valence electrons. The minimum absolute atomic E-state index is 0.0981. The molecule has 0 spiro atoms. The predicted octanol–water partition coefficient (Wildman–Crippen LogP) is 2.86. The number of benzene rings is 1. The summed E-state index contributed by atoms with van der Waals surface area (Å²) in [5.41, 5.74) is 0.775. The smallest absolute Gasteiger partial charge is 0.344 e. The van der Waals surface area contributed by atoms with Crippen LogP contribution in [-0.4, -0.2) is 48.0 Å². The first kappa shape index (κ1) is 19.3. The molecule has 0 unspecified atom stereocenters. The first-order valence-corrected chi connectivity index (χ1v) is 8.94. The van der Waals surface area contributed by atoms with Crippen molar-refractivity contribution in [3.05, 3.63) is 28.7 Å². The first-order valence-electron chi connectivity index (χ1n) is 7.72. The largest absolute Gasteiger partial charge is 0.493 e. The Hall–Kier alpha value is -2.06. The SMILES string of the molecule is CCOC(=O)COc1ccc(/C=C2/SC(=S)N(CC)C2=O)cc1OC. The van der Waals surface area contributed by atoms with Crippen molar-refractivity contribution in [2.24, 2.45) is 0 Å². The maximum absolute atomic E-state index is 12.3. The second-order valence-corrected chi connectivity index (χ2v) is 6.61. The van der Waals surface area contributed by atoms with E-state index >= 15 is 0 Å². The summed E-state index contributed by atoms with van der Waals surface area (Å²) in [5.74, 6) is 0.341. The highest BCUT2D eigenvalue weighted by Gasteiger charge is 2.30. The van der Waals surface area contributed by atoms with Crippen LogP contribution in [0.25, 0.3) is 6.08 Å². The molecule has 0 aromatic heterocycles. The second kappa shape index (κ2) is 8.87. The van der Waals surface area contributed by atoms with E-state index in [2.05, 4.69) is 0 Å². The van der Waals surface area contributed by atoms with Crippen molar-refractivity contribution in [3.63, 3.8) is 0 Å². The number of carbonyl (C=O) groups excluding carboxylic acids is 2. The third kappa shape index (κ3) is 4.73. The summed E-state index contributed by atoms with van der Waals surface area (Å²) in [6.07, 6.45) is 1.76. The molecule has 25 heavy (non-hydrogen) atoms. The summed E-state index contributed by atoms with van der Waals surface area (Å²) >= 11 is 6.47. The third-order valence-corrected chi connectivity index (χ3v) is 4.70. The van der Waals surface area contributed by atoms with Crippen LogP contribution in [0.1, 0.15) is 19.4 Å². The minimum Gasteiger partial charge on any atom is -0.493 e. The highest BCUT2D eigenvalue weighted by atomic mass is 32.2. The molecule has 0 N–H and O–H groups in total. The Kier molecular flexibility index (Phi) is 6.83. The summed E-state index contributed by atoms with van der Waals surface area (Å²) < 4.78 is 16.1. The van der Waals surface area contributed by atoms with Crippen LogP contribution in [0.2, 0.25) is 0 Å². The average Bonchev–Trinajstić information content (AvgIpc) is 2.86. The fourth-order valence-corrected chi connectivity index (χ4v) is 3.54. The summed E-state index contributed by atoms with van der Waals surface area (Å²) in [5, 5.41) is 0. The zero-order valence-electron chi connectivity index (χ0n) is 14.2. The topological polar surface area (TPSA) is 65.1 Å². The summed E-state index contributed by atoms with van der Waals surface area (Å²) in [6, 6.07) is 5.20. The lowest BCUT2D eigenvalue weighted by atomic mass is 10.2. The third-order valence-electron chi connectivity index (χ3n) is 3.33. The van der Waals surface area contributed by atoms with Gasteiger partial charge in [0.2, 0.25) is 0 Å². The highest BCUT2D eigenvalue weighted by Crippen LogP contribution is 2.34. The number of likely N-dealkylation sites (N-methyl/N-ethyl adjacent to an activating group) is 1. The van der Waals surface area contributed by atoms with Crippen molar-refractivity contribution in [2.45, 2.75) is 13.8 Å². The number of nitrogens with zero attached hydrogens (tertiary/aromatic N) is 1. The maximum Gasteiger partial charge on any atom is 0.344 e. The number of amides is 1. The Bertz CT molecular complexity index is 717. The van der Waals surface area contributed by atoms with E-state index in [9.17, 15) is 9.59 Å². The molecule has 6 nitrogen and oxygen atoms in total. The van der Waals surface area contributed by atoms with Crippen molar-refractivity contribution < 1.29 is 23.8 Å². The lowest BCUT2D eigenvalue weighted by Gasteiger charge is -2.11. The number of hydrogen-bond acceptors (Lipinski definition) is 7. The van der Waals surface area contributed by atoms with Gasteiger partial charge >= 0.3 is 5.97 Å². The molecule has 0 bridgehead atoms. The molecule has 1 aromatic rings. The molecular weight excluding hydrogens is 362 g/mol. The van der Waals surface area contributed by atoms with Crippen LogP contribution < -0.4 is 9.47 Å². The van der Waals surface area contributed by atoms with Gasteiger partial charge in [0, 0.05) is 6.54 Å². The van der Waals surface area contributed by atoms with Crippen LogP contribution in [0.3, 0.4) is 0 Å². The number of hydrogen-bond donors (Lipinski definition) is 0. The molecule has 1 amide bonds. The van der Waals surface area contributed by atoms with E-state index in [-0.39, 0.29) is 12.5 Å². The molecule has 8 heteroatoms. The Morgan fingerprint density at radius 2 is 2.08 bits per heavy atom. The lowest BCUT2D eigenvalue weighted by molar-refractivity contribution is -0.145. The quantitative estimate of drug-likeness (QED) is 0.409. The van der Waals surface area contributed by atoms with Crippen molar-refractivity contribution in [1.82, 2.24) is 4.90 Å². The van der Waals surface area contributed by atoms with Gasteiger partial charge in [-0.15, -0.1) is 0 Å². The number of ether oxygens (including phenoxy) is 3. The van der Waals surface area contributed by atoms with E-state index in [1.807, 2.05) is 6.92 Å². The molecular formula is C17H19NO5S2. The van der Waals surface area contributed by atoms with Crippen molar-refractivity contribution in [3.8, 4) is 11.5 Å². The minimum atomic E-state index is -0.447. The molecule has 0 aliphatic carbocycles. The van der Waals surface area contributed by atoms with Gasteiger partial charge in [-0.1, -0.05) is 30.0 Å². The van der Waals surface area contributed by atoms with E-state index < -0.39 is 5.97 Å². The number of carbonyl (C=O) groups is 2. The van der Waals surface area contributed by atoms with Gasteiger partial charge in [-0.05, 0) is 37.6 Å². The summed E-state index contributed by atoms with van der Waals surface area (Å²) in [6.45, 7) is 4.26. The van der Waals surface area contributed by atoms with Crippen LogP contribution in [0.5, 0.6) is 11.5 Å². The van der Waals surface area contributed by atoms with Crippen molar-refractivity contribution in [1.29, 1.82) is 0 Å². The van der Waals surface area contributed by atoms with E-state index in [1.165, 1.54) is 18.9 Å².